The highest BCUT2D eigenvalue weighted by atomic mass is 32.1. The van der Waals surface area contributed by atoms with Gasteiger partial charge >= 0.3 is 0 Å². The van der Waals surface area contributed by atoms with E-state index in [1.165, 1.54) is 11.3 Å². The summed E-state index contributed by atoms with van der Waals surface area (Å²) < 4.78 is 1.91. The fourth-order valence-corrected chi connectivity index (χ4v) is 2.52. The zero-order valence-electron chi connectivity index (χ0n) is 9.47. The summed E-state index contributed by atoms with van der Waals surface area (Å²) in [6, 6.07) is 4.34. The SMILES string of the molecule is Cc1cc(CC(NN)c2ccsc2)n(C)n1. The number of nitrogens with one attached hydrogen (secondary N) is 1. The smallest absolute Gasteiger partial charge is 0.0596 e. The molecule has 16 heavy (non-hydrogen) atoms. The Hall–Kier alpha value is -1.17. The first kappa shape index (κ1) is 11.3. The molecule has 0 radical (unpaired) electrons. The van der Waals surface area contributed by atoms with Crippen LogP contribution in [-0.2, 0) is 13.5 Å². The van der Waals surface area contributed by atoms with E-state index in [-0.39, 0.29) is 6.04 Å². The lowest BCUT2D eigenvalue weighted by atomic mass is 10.1. The first-order chi connectivity index (χ1) is 7.70. The second-order valence-corrected chi connectivity index (χ2v) is 4.66. The highest BCUT2D eigenvalue weighted by Gasteiger charge is 2.13. The minimum absolute atomic E-state index is 0.154. The quantitative estimate of drug-likeness (QED) is 0.625. The molecule has 0 fully saturated rings. The molecule has 0 aliphatic rings. The van der Waals surface area contributed by atoms with E-state index in [9.17, 15) is 0 Å². The molecule has 0 bridgehead atoms. The predicted molar refractivity (Wildman–Crippen MR) is 66.0 cm³/mol. The standard InChI is InChI=1S/C11H16N4S/c1-8-5-10(15(2)14-8)6-11(13-12)9-3-4-16-7-9/h3-5,7,11,13H,6,12H2,1-2H3. The van der Waals surface area contributed by atoms with Crippen molar-refractivity contribution in [2.75, 3.05) is 0 Å². The van der Waals surface area contributed by atoms with Gasteiger partial charge in [0.2, 0.25) is 0 Å². The molecule has 2 aromatic rings. The Bertz CT molecular complexity index is 447. The molecule has 4 nitrogen and oxygen atoms in total. The largest absolute Gasteiger partial charge is 0.272 e. The summed E-state index contributed by atoms with van der Waals surface area (Å²) in [6.45, 7) is 2.00. The number of hydrazine groups is 1. The summed E-state index contributed by atoms with van der Waals surface area (Å²) in [7, 11) is 1.96. The van der Waals surface area contributed by atoms with Gasteiger partial charge in [-0.15, -0.1) is 0 Å². The molecular formula is C11H16N4S. The molecule has 0 aliphatic carbocycles. The van der Waals surface area contributed by atoms with Gasteiger partial charge in [0.05, 0.1) is 11.7 Å². The first-order valence-corrected chi connectivity index (χ1v) is 6.12. The van der Waals surface area contributed by atoms with Gasteiger partial charge in [-0.05, 0) is 35.4 Å². The highest BCUT2D eigenvalue weighted by Crippen LogP contribution is 2.20. The normalized spacial score (nSPS) is 12.9. The Balaban J connectivity index is 2.16. The maximum Gasteiger partial charge on any atom is 0.0596 e. The molecule has 2 aromatic heterocycles. The van der Waals surface area contributed by atoms with Crippen molar-refractivity contribution in [3.8, 4) is 0 Å². The third-order valence-corrected chi connectivity index (χ3v) is 3.36. The molecule has 1 atom stereocenters. The van der Waals surface area contributed by atoms with Crippen LogP contribution in [0.25, 0.3) is 0 Å². The average molecular weight is 236 g/mol. The van der Waals surface area contributed by atoms with E-state index < -0.39 is 0 Å². The van der Waals surface area contributed by atoms with Crippen LogP contribution >= 0.6 is 11.3 Å². The van der Waals surface area contributed by atoms with Crippen molar-refractivity contribution in [1.29, 1.82) is 0 Å². The Morgan fingerprint density at radius 1 is 1.62 bits per heavy atom. The molecule has 1 unspecified atom stereocenters. The number of thiophene rings is 1. The minimum atomic E-state index is 0.154. The Morgan fingerprint density at radius 2 is 2.44 bits per heavy atom. The van der Waals surface area contributed by atoms with Crippen molar-refractivity contribution < 1.29 is 0 Å². The lowest BCUT2D eigenvalue weighted by Crippen LogP contribution is -2.29. The number of hydrogen-bond donors (Lipinski definition) is 2. The van der Waals surface area contributed by atoms with E-state index in [0.29, 0.717) is 0 Å². The molecule has 0 aromatic carbocycles. The second-order valence-electron chi connectivity index (χ2n) is 3.88. The topological polar surface area (TPSA) is 55.9 Å². The molecule has 0 amide bonds. The first-order valence-electron chi connectivity index (χ1n) is 5.18. The van der Waals surface area contributed by atoms with E-state index in [1.807, 2.05) is 18.7 Å². The second kappa shape index (κ2) is 4.78. The van der Waals surface area contributed by atoms with Crippen LogP contribution in [0.3, 0.4) is 0 Å². The molecule has 2 heterocycles. The zero-order valence-corrected chi connectivity index (χ0v) is 10.3. The van der Waals surface area contributed by atoms with Crippen molar-refractivity contribution in [2.45, 2.75) is 19.4 Å². The van der Waals surface area contributed by atoms with E-state index in [1.54, 1.807) is 11.3 Å². The monoisotopic (exact) mass is 236 g/mol. The molecule has 2 rings (SSSR count). The lowest BCUT2D eigenvalue weighted by molar-refractivity contribution is 0.531. The molecule has 0 aliphatic heterocycles. The fourth-order valence-electron chi connectivity index (χ4n) is 1.81. The maximum atomic E-state index is 5.59. The van der Waals surface area contributed by atoms with E-state index >= 15 is 0 Å². The van der Waals surface area contributed by atoms with Crippen molar-refractivity contribution in [3.05, 3.63) is 39.8 Å². The number of aryl methyl sites for hydroxylation is 2. The lowest BCUT2D eigenvalue weighted by Gasteiger charge is -2.14. The van der Waals surface area contributed by atoms with Crippen LogP contribution in [0.2, 0.25) is 0 Å². The van der Waals surface area contributed by atoms with Gasteiger partial charge in [-0.3, -0.25) is 16.0 Å². The van der Waals surface area contributed by atoms with Crippen LogP contribution in [0.5, 0.6) is 0 Å². The van der Waals surface area contributed by atoms with Crippen LogP contribution in [0, 0.1) is 6.92 Å². The van der Waals surface area contributed by atoms with Gasteiger partial charge in [0.25, 0.3) is 0 Å². The average Bonchev–Trinajstić information content (AvgIpc) is 2.85. The van der Waals surface area contributed by atoms with E-state index in [4.69, 9.17) is 5.84 Å². The van der Waals surface area contributed by atoms with Gasteiger partial charge in [-0.1, -0.05) is 0 Å². The summed E-state index contributed by atoms with van der Waals surface area (Å²) in [5.74, 6) is 5.59. The molecule has 86 valence electrons. The minimum Gasteiger partial charge on any atom is -0.272 e. The van der Waals surface area contributed by atoms with Crippen molar-refractivity contribution >= 4 is 11.3 Å². The maximum absolute atomic E-state index is 5.59. The Labute approximate surface area is 99.1 Å². The van der Waals surface area contributed by atoms with Crippen molar-refractivity contribution in [2.24, 2.45) is 12.9 Å². The molecule has 0 spiro atoms. The highest BCUT2D eigenvalue weighted by molar-refractivity contribution is 7.07. The third-order valence-electron chi connectivity index (χ3n) is 2.66. The summed E-state index contributed by atoms with van der Waals surface area (Å²) in [5, 5.41) is 8.51. The summed E-state index contributed by atoms with van der Waals surface area (Å²) in [4.78, 5) is 0. The van der Waals surface area contributed by atoms with Gasteiger partial charge in [0.15, 0.2) is 0 Å². The number of aromatic nitrogens is 2. The van der Waals surface area contributed by atoms with Crippen molar-refractivity contribution in [3.63, 3.8) is 0 Å². The van der Waals surface area contributed by atoms with Crippen molar-refractivity contribution in [1.82, 2.24) is 15.2 Å². The van der Waals surface area contributed by atoms with Gasteiger partial charge in [-0.2, -0.15) is 16.4 Å². The van der Waals surface area contributed by atoms with Crippen LogP contribution in [0.1, 0.15) is 23.0 Å². The number of rotatable bonds is 4. The Morgan fingerprint density at radius 3 is 2.94 bits per heavy atom. The van der Waals surface area contributed by atoms with Gasteiger partial charge < -0.3 is 0 Å². The molecule has 3 N–H and O–H groups in total. The third kappa shape index (κ3) is 2.32. The zero-order chi connectivity index (χ0) is 11.5. The predicted octanol–water partition coefficient (Wildman–Crippen LogP) is 1.54. The molecule has 0 saturated carbocycles. The summed E-state index contributed by atoms with van der Waals surface area (Å²) in [5.41, 5.74) is 6.31. The van der Waals surface area contributed by atoms with Crippen LogP contribution < -0.4 is 11.3 Å². The fraction of sp³-hybridized carbons (Fsp3) is 0.364. The summed E-state index contributed by atoms with van der Waals surface area (Å²) in [6.07, 6.45) is 0.852. The number of hydrogen-bond acceptors (Lipinski definition) is 4. The number of nitrogens with zero attached hydrogens (tertiary/aromatic N) is 2. The Kier molecular flexibility index (Phi) is 3.38. The van der Waals surface area contributed by atoms with Gasteiger partial charge in [0, 0.05) is 19.2 Å². The molecule has 0 saturated heterocycles. The van der Waals surface area contributed by atoms with Crippen LogP contribution in [0.15, 0.2) is 22.9 Å². The summed E-state index contributed by atoms with van der Waals surface area (Å²) >= 11 is 1.69. The number of nitrogens with two attached hydrogens (primary N) is 1. The van der Waals surface area contributed by atoms with E-state index in [0.717, 1.165) is 12.1 Å². The molecular weight excluding hydrogens is 220 g/mol. The van der Waals surface area contributed by atoms with E-state index in [2.05, 4.69) is 33.4 Å². The molecule has 5 heteroatoms. The van der Waals surface area contributed by atoms with Gasteiger partial charge in [0.1, 0.15) is 0 Å². The van der Waals surface area contributed by atoms with Crippen LogP contribution in [0.4, 0.5) is 0 Å². The van der Waals surface area contributed by atoms with Crippen LogP contribution in [-0.4, -0.2) is 9.78 Å². The van der Waals surface area contributed by atoms with Gasteiger partial charge in [-0.25, -0.2) is 0 Å².